The smallest absolute Gasteiger partial charge is 0.302 e. The zero-order valence-corrected chi connectivity index (χ0v) is 26.2. The summed E-state index contributed by atoms with van der Waals surface area (Å²) in [6.07, 6.45) is 10.8. The number of ether oxygens (including phenoxy) is 2. The molecule has 0 bridgehead atoms. The molecule has 2 fully saturated rings. The van der Waals surface area contributed by atoms with Crippen LogP contribution in [0.3, 0.4) is 0 Å². The highest BCUT2D eigenvalue weighted by atomic mass is 16.5. The number of esters is 2. The van der Waals surface area contributed by atoms with Crippen LogP contribution >= 0.6 is 0 Å². The van der Waals surface area contributed by atoms with Crippen molar-refractivity contribution >= 4 is 17.7 Å². The van der Waals surface area contributed by atoms with E-state index in [2.05, 4.69) is 48.5 Å². The number of hydrogen-bond acceptors (Lipinski definition) is 5. The van der Waals surface area contributed by atoms with Gasteiger partial charge in [-0.05, 0) is 86.4 Å². The first-order valence-corrected chi connectivity index (χ1v) is 15.7. The first-order valence-electron chi connectivity index (χ1n) is 15.7. The number of carbonyl (C=O) groups excluding carboxylic acids is 3. The van der Waals surface area contributed by atoms with E-state index in [9.17, 15) is 14.4 Å². The van der Waals surface area contributed by atoms with E-state index >= 15 is 0 Å². The number of allylic oxidation sites excluding steroid dienone is 2. The predicted octanol–water partition coefficient (Wildman–Crippen LogP) is 7.99. The molecule has 4 aliphatic rings. The molecule has 0 N–H and O–H groups in total. The lowest BCUT2D eigenvalue weighted by molar-refractivity contribution is -0.168. The van der Waals surface area contributed by atoms with E-state index in [1.54, 1.807) is 0 Å². The van der Waals surface area contributed by atoms with Gasteiger partial charge in [-0.25, -0.2) is 0 Å². The summed E-state index contributed by atoms with van der Waals surface area (Å²) >= 11 is 0. The lowest BCUT2D eigenvalue weighted by Gasteiger charge is -2.61. The Morgan fingerprint density at radius 3 is 2.28 bits per heavy atom. The summed E-state index contributed by atoms with van der Waals surface area (Å²) in [5.41, 5.74) is 2.43. The molecule has 5 nitrogen and oxygen atoms in total. The van der Waals surface area contributed by atoms with E-state index in [-0.39, 0.29) is 51.7 Å². The van der Waals surface area contributed by atoms with Gasteiger partial charge >= 0.3 is 11.9 Å². The van der Waals surface area contributed by atoms with Crippen LogP contribution < -0.4 is 0 Å². The van der Waals surface area contributed by atoms with Crippen LogP contribution in [0.2, 0.25) is 0 Å². The SMILES string of the molecule is CCC(CCC[C@@H](C)[C@H]1CC[C@@]2(C)C3=C(CC[C@]12C)[C@@]1(C)CC[C@H](OC(C)=O)C(C)(C)[C@@H]1CC3=O)OC(C)=O. The summed E-state index contributed by atoms with van der Waals surface area (Å²) in [6.45, 7) is 19.3. The van der Waals surface area contributed by atoms with Crippen LogP contribution in [0, 0.1) is 39.4 Å². The molecule has 0 spiro atoms. The summed E-state index contributed by atoms with van der Waals surface area (Å²) in [4.78, 5) is 37.5. The van der Waals surface area contributed by atoms with E-state index in [4.69, 9.17) is 9.47 Å². The van der Waals surface area contributed by atoms with Gasteiger partial charge in [-0.3, -0.25) is 14.4 Å². The van der Waals surface area contributed by atoms with Gasteiger partial charge in [-0.1, -0.05) is 60.5 Å². The van der Waals surface area contributed by atoms with Gasteiger partial charge in [0.1, 0.15) is 12.2 Å². The molecule has 0 aromatic rings. The molecule has 0 aromatic heterocycles. The summed E-state index contributed by atoms with van der Waals surface area (Å²) in [7, 11) is 0. The van der Waals surface area contributed by atoms with Crippen LogP contribution in [0.1, 0.15) is 133 Å². The number of rotatable bonds is 8. The van der Waals surface area contributed by atoms with Crippen LogP contribution in [0.15, 0.2) is 11.1 Å². The Balaban J connectivity index is 1.57. The van der Waals surface area contributed by atoms with Crippen molar-refractivity contribution in [3.8, 4) is 0 Å². The van der Waals surface area contributed by atoms with E-state index in [1.165, 1.54) is 31.4 Å². The molecular weight excluding hydrogens is 488 g/mol. The number of hydrogen-bond donors (Lipinski definition) is 0. The minimum absolute atomic E-state index is 0.0106. The Labute approximate surface area is 237 Å². The zero-order valence-electron chi connectivity index (χ0n) is 26.2. The Kier molecular flexibility index (Phi) is 8.27. The maximum atomic E-state index is 14.2. The first kappa shape index (κ1) is 30.3. The van der Waals surface area contributed by atoms with Crippen LogP contribution in [-0.2, 0) is 23.9 Å². The molecule has 4 rings (SSSR count). The quantitative estimate of drug-likeness (QED) is 0.291. The topological polar surface area (TPSA) is 69.7 Å². The van der Waals surface area contributed by atoms with Crippen molar-refractivity contribution in [2.24, 2.45) is 39.4 Å². The van der Waals surface area contributed by atoms with E-state index < -0.39 is 0 Å². The third-order valence-corrected chi connectivity index (χ3v) is 12.5. The third kappa shape index (κ3) is 4.92. The molecule has 0 amide bonds. The molecule has 0 aliphatic heterocycles. The fraction of sp³-hybridized carbons (Fsp3) is 0.853. The molecule has 8 atom stereocenters. The molecule has 39 heavy (non-hydrogen) atoms. The summed E-state index contributed by atoms with van der Waals surface area (Å²) in [6, 6.07) is 0. The largest absolute Gasteiger partial charge is 0.463 e. The van der Waals surface area contributed by atoms with Crippen LogP contribution in [-0.4, -0.2) is 29.9 Å². The van der Waals surface area contributed by atoms with Crippen molar-refractivity contribution in [2.75, 3.05) is 0 Å². The Morgan fingerprint density at radius 2 is 1.67 bits per heavy atom. The first-order chi connectivity index (χ1) is 18.1. The van der Waals surface area contributed by atoms with Gasteiger partial charge in [-0.2, -0.15) is 0 Å². The van der Waals surface area contributed by atoms with E-state index in [0.29, 0.717) is 24.0 Å². The minimum Gasteiger partial charge on any atom is -0.463 e. The van der Waals surface area contributed by atoms with Crippen molar-refractivity contribution in [3.63, 3.8) is 0 Å². The van der Waals surface area contributed by atoms with Crippen molar-refractivity contribution < 1.29 is 23.9 Å². The Morgan fingerprint density at radius 1 is 0.974 bits per heavy atom. The van der Waals surface area contributed by atoms with E-state index in [0.717, 1.165) is 57.8 Å². The van der Waals surface area contributed by atoms with Gasteiger partial charge in [0, 0.05) is 36.7 Å². The molecule has 0 radical (unpaired) electrons. The molecule has 0 heterocycles. The second kappa shape index (κ2) is 10.6. The standard InChI is InChI=1S/C34H54O5/c1-10-24(38-22(3)35)13-11-12-21(2)25-14-19-34(9)30-26(15-18-33(25,34)8)32(7)17-16-29(39-23(4)36)31(5,6)28(32)20-27(30)37/h21,24-25,28-29H,10-20H2,1-9H3/t21-,24?,25-,28+,29+,32-,33-,34+/m1/s1. The number of Topliss-reactive ketones (excluding diaryl/α,β-unsaturated/α-hetero) is 1. The molecule has 220 valence electrons. The Hall–Kier alpha value is -1.65. The number of carbonyl (C=O) groups is 3. The summed E-state index contributed by atoms with van der Waals surface area (Å²) < 4.78 is 11.3. The molecule has 0 aromatic carbocycles. The molecule has 4 aliphatic carbocycles. The highest BCUT2D eigenvalue weighted by Gasteiger charge is 2.65. The third-order valence-electron chi connectivity index (χ3n) is 12.5. The maximum absolute atomic E-state index is 14.2. The molecule has 0 saturated heterocycles. The summed E-state index contributed by atoms with van der Waals surface area (Å²) in [5.74, 6) is 1.33. The normalized spacial score (nSPS) is 38.8. The van der Waals surface area contributed by atoms with Crippen molar-refractivity contribution in [1.29, 1.82) is 0 Å². The second-order valence-corrected chi connectivity index (χ2v) is 14.9. The monoisotopic (exact) mass is 542 g/mol. The van der Waals surface area contributed by atoms with Gasteiger partial charge < -0.3 is 9.47 Å². The molecule has 1 unspecified atom stereocenters. The molecule has 5 heteroatoms. The average molecular weight is 543 g/mol. The average Bonchev–Trinajstić information content (AvgIpc) is 3.12. The van der Waals surface area contributed by atoms with Crippen molar-refractivity contribution in [1.82, 2.24) is 0 Å². The van der Waals surface area contributed by atoms with Gasteiger partial charge in [0.15, 0.2) is 5.78 Å². The fourth-order valence-corrected chi connectivity index (χ4v) is 10.2. The second-order valence-electron chi connectivity index (χ2n) is 14.9. The molecular formula is C34H54O5. The zero-order chi connectivity index (χ0) is 29.0. The highest BCUT2D eigenvalue weighted by Crippen LogP contribution is 2.72. The summed E-state index contributed by atoms with van der Waals surface area (Å²) in [5, 5.41) is 0. The number of fused-ring (bicyclic) bond motifs is 4. The lowest BCUT2D eigenvalue weighted by atomic mass is 9.43. The predicted molar refractivity (Wildman–Crippen MR) is 154 cm³/mol. The maximum Gasteiger partial charge on any atom is 0.302 e. The highest BCUT2D eigenvalue weighted by molar-refractivity contribution is 5.99. The van der Waals surface area contributed by atoms with Crippen molar-refractivity contribution in [3.05, 3.63) is 11.1 Å². The Bertz CT molecular complexity index is 1020. The lowest BCUT2D eigenvalue weighted by Crippen LogP contribution is -2.57. The van der Waals surface area contributed by atoms with Crippen LogP contribution in [0.5, 0.6) is 0 Å². The van der Waals surface area contributed by atoms with Gasteiger partial charge in [0.25, 0.3) is 0 Å². The van der Waals surface area contributed by atoms with Crippen LogP contribution in [0.25, 0.3) is 0 Å². The molecule has 2 saturated carbocycles. The van der Waals surface area contributed by atoms with E-state index in [1.807, 2.05) is 0 Å². The minimum atomic E-state index is -0.232. The fourth-order valence-electron chi connectivity index (χ4n) is 10.2. The van der Waals surface area contributed by atoms with Gasteiger partial charge in [0.2, 0.25) is 0 Å². The number of ketones is 1. The van der Waals surface area contributed by atoms with Crippen LogP contribution in [0.4, 0.5) is 0 Å². The van der Waals surface area contributed by atoms with Gasteiger partial charge in [0.05, 0.1) is 0 Å². The van der Waals surface area contributed by atoms with Gasteiger partial charge in [-0.15, -0.1) is 0 Å². The van der Waals surface area contributed by atoms with Crippen molar-refractivity contribution in [2.45, 2.75) is 145 Å².